The Balaban J connectivity index is 1.74. The van der Waals surface area contributed by atoms with E-state index < -0.39 is 0 Å². The number of piperazine rings is 1. The Hall–Kier alpha value is -1.91. The Morgan fingerprint density at radius 3 is 3.04 bits per heavy atom. The number of hydrogen-bond donors (Lipinski definition) is 1. The van der Waals surface area contributed by atoms with Crippen LogP contribution in [-0.4, -0.2) is 35.4 Å². The van der Waals surface area contributed by atoms with Gasteiger partial charge in [-0.15, -0.1) is 0 Å². The first kappa shape index (κ1) is 16.9. The molecular formula is C19H22ClN3O. The fraction of sp³-hybridized carbons (Fsp3) is 0.368. The van der Waals surface area contributed by atoms with Gasteiger partial charge in [-0.2, -0.15) is 0 Å². The third-order valence-electron chi connectivity index (χ3n) is 4.53. The predicted octanol–water partition coefficient (Wildman–Crippen LogP) is 3.40. The van der Waals surface area contributed by atoms with Crippen molar-refractivity contribution in [2.24, 2.45) is 0 Å². The summed E-state index contributed by atoms with van der Waals surface area (Å²) >= 11 is 6.12. The highest BCUT2D eigenvalue weighted by Gasteiger charge is 2.28. The van der Waals surface area contributed by atoms with Gasteiger partial charge in [0, 0.05) is 43.5 Å². The highest BCUT2D eigenvalue weighted by molar-refractivity contribution is 6.30. The molecule has 1 amide bonds. The van der Waals surface area contributed by atoms with Gasteiger partial charge in [-0.1, -0.05) is 36.7 Å². The van der Waals surface area contributed by atoms with Crippen LogP contribution in [0.5, 0.6) is 0 Å². The molecule has 24 heavy (non-hydrogen) atoms. The van der Waals surface area contributed by atoms with Crippen molar-refractivity contribution < 1.29 is 4.79 Å². The van der Waals surface area contributed by atoms with Gasteiger partial charge in [-0.3, -0.25) is 9.78 Å². The molecule has 2 atom stereocenters. The minimum Gasteiger partial charge on any atom is -0.333 e. The predicted molar refractivity (Wildman–Crippen MR) is 96.0 cm³/mol. The highest BCUT2D eigenvalue weighted by Crippen LogP contribution is 2.27. The fourth-order valence-electron chi connectivity index (χ4n) is 3.18. The van der Waals surface area contributed by atoms with Crippen molar-refractivity contribution in [3.8, 4) is 0 Å². The fourth-order valence-corrected chi connectivity index (χ4v) is 3.38. The Labute approximate surface area is 147 Å². The van der Waals surface area contributed by atoms with E-state index in [1.165, 1.54) is 0 Å². The van der Waals surface area contributed by atoms with E-state index >= 15 is 0 Å². The van der Waals surface area contributed by atoms with Gasteiger partial charge in [-0.05, 0) is 35.2 Å². The summed E-state index contributed by atoms with van der Waals surface area (Å²) in [5.41, 5.74) is 2.18. The molecule has 1 aliphatic heterocycles. The Bertz CT molecular complexity index is 692. The summed E-state index contributed by atoms with van der Waals surface area (Å²) in [4.78, 5) is 19.0. The van der Waals surface area contributed by atoms with Crippen LogP contribution in [0.25, 0.3) is 0 Å². The molecule has 1 aromatic carbocycles. The van der Waals surface area contributed by atoms with Gasteiger partial charge in [0.05, 0.1) is 6.04 Å². The molecule has 1 saturated heterocycles. The molecule has 1 fully saturated rings. The van der Waals surface area contributed by atoms with Crippen LogP contribution in [0.4, 0.5) is 0 Å². The largest absolute Gasteiger partial charge is 0.333 e. The molecule has 126 valence electrons. The summed E-state index contributed by atoms with van der Waals surface area (Å²) in [6, 6.07) is 11.8. The second kappa shape index (κ2) is 7.77. The molecule has 4 nitrogen and oxygen atoms in total. The lowest BCUT2D eigenvalue weighted by Crippen LogP contribution is -2.48. The van der Waals surface area contributed by atoms with E-state index in [1.54, 1.807) is 6.20 Å². The van der Waals surface area contributed by atoms with Gasteiger partial charge in [0.15, 0.2) is 0 Å². The molecule has 0 bridgehead atoms. The van der Waals surface area contributed by atoms with Crippen LogP contribution < -0.4 is 5.32 Å². The van der Waals surface area contributed by atoms with E-state index in [9.17, 15) is 4.79 Å². The smallest absolute Gasteiger partial charge is 0.223 e. The number of halogens is 1. The van der Waals surface area contributed by atoms with E-state index in [0.717, 1.165) is 30.8 Å². The maximum Gasteiger partial charge on any atom is 0.223 e. The third-order valence-corrected chi connectivity index (χ3v) is 4.77. The summed E-state index contributed by atoms with van der Waals surface area (Å²) in [5.74, 6) is 0.332. The summed E-state index contributed by atoms with van der Waals surface area (Å²) in [6.45, 7) is 4.37. The van der Waals surface area contributed by atoms with E-state index in [2.05, 4.69) is 17.2 Å². The van der Waals surface area contributed by atoms with Gasteiger partial charge in [-0.25, -0.2) is 0 Å². The number of benzene rings is 1. The molecule has 0 aliphatic carbocycles. The Morgan fingerprint density at radius 2 is 2.29 bits per heavy atom. The lowest BCUT2D eigenvalue weighted by molar-refractivity contribution is -0.134. The number of hydrogen-bond acceptors (Lipinski definition) is 3. The molecular weight excluding hydrogens is 322 g/mol. The number of aromatic nitrogens is 1. The van der Waals surface area contributed by atoms with Crippen molar-refractivity contribution in [3.05, 3.63) is 64.9 Å². The average Bonchev–Trinajstić information content (AvgIpc) is 2.62. The molecule has 1 N–H and O–H groups in total. The van der Waals surface area contributed by atoms with Crippen molar-refractivity contribution in [2.45, 2.75) is 25.3 Å². The number of amides is 1. The van der Waals surface area contributed by atoms with Crippen molar-refractivity contribution in [1.82, 2.24) is 15.2 Å². The number of carbonyl (C=O) groups excluding carboxylic acids is 1. The number of nitrogens with one attached hydrogen (secondary N) is 1. The van der Waals surface area contributed by atoms with Gasteiger partial charge < -0.3 is 10.2 Å². The van der Waals surface area contributed by atoms with Crippen molar-refractivity contribution in [3.63, 3.8) is 0 Å². The van der Waals surface area contributed by atoms with Gasteiger partial charge in [0.2, 0.25) is 5.91 Å². The van der Waals surface area contributed by atoms with Crippen LogP contribution in [0, 0.1) is 0 Å². The molecule has 2 heterocycles. The molecule has 2 aromatic rings. The topological polar surface area (TPSA) is 45.2 Å². The van der Waals surface area contributed by atoms with E-state index in [4.69, 9.17) is 11.6 Å². The van der Waals surface area contributed by atoms with Crippen LogP contribution >= 0.6 is 11.6 Å². The first-order valence-electron chi connectivity index (χ1n) is 8.30. The van der Waals surface area contributed by atoms with E-state index in [1.807, 2.05) is 47.5 Å². The maximum absolute atomic E-state index is 12.9. The molecule has 0 radical (unpaired) electrons. The monoisotopic (exact) mass is 343 g/mol. The SMILES string of the molecule is CC(CC(=O)N1CCNCC1c1cccc(Cl)c1)c1cccnc1. The lowest BCUT2D eigenvalue weighted by atomic mass is 9.97. The zero-order valence-corrected chi connectivity index (χ0v) is 14.5. The first-order chi connectivity index (χ1) is 11.6. The number of carbonyl (C=O) groups is 1. The second-order valence-corrected chi connectivity index (χ2v) is 6.69. The van der Waals surface area contributed by atoms with E-state index in [-0.39, 0.29) is 17.9 Å². The lowest BCUT2D eigenvalue weighted by Gasteiger charge is -2.37. The maximum atomic E-state index is 12.9. The van der Waals surface area contributed by atoms with Crippen LogP contribution in [-0.2, 0) is 4.79 Å². The summed E-state index contributed by atoms with van der Waals surface area (Å²) in [5, 5.41) is 4.08. The van der Waals surface area contributed by atoms with Gasteiger partial charge in [0.1, 0.15) is 0 Å². The summed E-state index contributed by atoms with van der Waals surface area (Å²) < 4.78 is 0. The average molecular weight is 344 g/mol. The van der Waals surface area contributed by atoms with E-state index in [0.29, 0.717) is 11.4 Å². The second-order valence-electron chi connectivity index (χ2n) is 6.25. The minimum atomic E-state index is 0.0334. The normalized spacial score (nSPS) is 19.1. The summed E-state index contributed by atoms with van der Waals surface area (Å²) in [6.07, 6.45) is 4.08. The van der Waals surface area contributed by atoms with Crippen molar-refractivity contribution >= 4 is 17.5 Å². The van der Waals surface area contributed by atoms with Crippen LogP contribution in [0.3, 0.4) is 0 Å². The zero-order valence-electron chi connectivity index (χ0n) is 13.8. The highest BCUT2D eigenvalue weighted by atomic mass is 35.5. The quantitative estimate of drug-likeness (QED) is 0.925. The minimum absolute atomic E-state index is 0.0334. The molecule has 2 unspecified atom stereocenters. The van der Waals surface area contributed by atoms with Crippen molar-refractivity contribution in [2.75, 3.05) is 19.6 Å². The molecule has 1 aliphatic rings. The van der Waals surface area contributed by atoms with Crippen LogP contribution in [0.15, 0.2) is 48.8 Å². The number of nitrogens with zero attached hydrogens (tertiary/aromatic N) is 2. The summed E-state index contributed by atoms with van der Waals surface area (Å²) in [7, 11) is 0. The molecule has 1 aromatic heterocycles. The van der Waals surface area contributed by atoms with Crippen LogP contribution in [0.2, 0.25) is 5.02 Å². The zero-order chi connectivity index (χ0) is 16.9. The van der Waals surface area contributed by atoms with Gasteiger partial charge >= 0.3 is 0 Å². The van der Waals surface area contributed by atoms with Gasteiger partial charge in [0.25, 0.3) is 0 Å². The number of pyridine rings is 1. The number of rotatable bonds is 4. The molecule has 0 saturated carbocycles. The van der Waals surface area contributed by atoms with Crippen LogP contribution in [0.1, 0.15) is 36.4 Å². The standard InChI is InChI=1S/C19H22ClN3O/c1-14(16-5-3-7-21-12-16)10-19(24)23-9-8-22-13-18(23)15-4-2-6-17(20)11-15/h2-7,11-12,14,18,22H,8-10,13H2,1H3. The molecule has 3 rings (SSSR count). The Morgan fingerprint density at radius 1 is 1.42 bits per heavy atom. The van der Waals surface area contributed by atoms with Crippen molar-refractivity contribution in [1.29, 1.82) is 0 Å². The Kier molecular flexibility index (Phi) is 5.48. The molecule has 0 spiro atoms. The first-order valence-corrected chi connectivity index (χ1v) is 8.68. The molecule has 5 heteroatoms. The third kappa shape index (κ3) is 3.94.